The van der Waals surface area contributed by atoms with Crippen molar-refractivity contribution in [2.45, 2.75) is 19.6 Å². The number of nitrogens with zero attached hydrogens (tertiary/aromatic N) is 5. The first-order valence-electron chi connectivity index (χ1n) is 6.31. The van der Waals surface area contributed by atoms with Crippen LogP contribution >= 0.6 is 11.6 Å². The summed E-state index contributed by atoms with van der Waals surface area (Å²) in [6, 6.07) is 1.62. The van der Waals surface area contributed by atoms with Gasteiger partial charge in [-0.2, -0.15) is 0 Å². The maximum atomic E-state index is 11.8. The Morgan fingerprint density at radius 1 is 1.35 bits per heavy atom. The van der Waals surface area contributed by atoms with Gasteiger partial charge < -0.3 is 14.8 Å². The third-order valence-electron chi connectivity index (χ3n) is 3.68. The van der Waals surface area contributed by atoms with Crippen molar-refractivity contribution in [3.05, 3.63) is 34.5 Å². The predicted molar refractivity (Wildman–Crippen MR) is 71.5 cm³/mol. The van der Waals surface area contributed by atoms with Gasteiger partial charge in [0.2, 0.25) is 0 Å². The number of halogens is 1. The number of anilines is 1. The molecule has 0 radical (unpaired) electrons. The van der Waals surface area contributed by atoms with Crippen molar-refractivity contribution in [2.75, 3.05) is 11.4 Å². The Morgan fingerprint density at radius 3 is 3.15 bits per heavy atom. The summed E-state index contributed by atoms with van der Waals surface area (Å²) in [7, 11) is 0. The second kappa shape index (κ2) is 4.17. The Morgan fingerprint density at radius 2 is 2.25 bits per heavy atom. The highest BCUT2D eigenvalue weighted by atomic mass is 35.5. The molecule has 0 saturated carbocycles. The van der Waals surface area contributed by atoms with Gasteiger partial charge in [0.15, 0.2) is 5.82 Å². The summed E-state index contributed by atoms with van der Waals surface area (Å²) in [5.41, 5.74) is 1.53. The van der Waals surface area contributed by atoms with Crippen molar-refractivity contribution in [1.29, 1.82) is 0 Å². The van der Waals surface area contributed by atoms with Crippen LogP contribution in [0, 0.1) is 0 Å². The van der Waals surface area contributed by atoms with Crippen LogP contribution in [-0.2, 0) is 19.6 Å². The van der Waals surface area contributed by atoms with Gasteiger partial charge >= 0.3 is 0 Å². The van der Waals surface area contributed by atoms with Gasteiger partial charge in [0.05, 0.1) is 12.1 Å². The first-order chi connectivity index (χ1) is 9.72. The zero-order valence-corrected chi connectivity index (χ0v) is 11.3. The van der Waals surface area contributed by atoms with E-state index in [4.69, 9.17) is 11.6 Å². The average molecular weight is 291 g/mol. The second-order valence-corrected chi connectivity index (χ2v) is 5.23. The minimum absolute atomic E-state index is 0.0919. The van der Waals surface area contributed by atoms with Crippen LogP contribution in [0.2, 0.25) is 5.15 Å². The molecule has 7 nitrogen and oxygen atoms in total. The van der Waals surface area contributed by atoms with Gasteiger partial charge in [0, 0.05) is 25.2 Å². The van der Waals surface area contributed by atoms with E-state index in [1.54, 1.807) is 12.4 Å². The topological polar surface area (TPSA) is 75.9 Å². The number of fused-ring (bicyclic) bond motifs is 2. The molecule has 2 aliphatic heterocycles. The molecule has 0 bridgehead atoms. The molecule has 20 heavy (non-hydrogen) atoms. The highest BCUT2D eigenvalue weighted by molar-refractivity contribution is 6.30. The van der Waals surface area contributed by atoms with E-state index in [0.29, 0.717) is 23.8 Å². The van der Waals surface area contributed by atoms with Gasteiger partial charge in [-0.05, 0) is 6.07 Å². The third-order valence-corrected chi connectivity index (χ3v) is 3.87. The molecule has 102 valence electrons. The maximum absolute atomic E-state index is 11.8. The zero-order valence-electron chi connectivity index (χ0n) is 10.5. The van der Waals surface area contributed by atoms with Crippen LogP contribution in [0.1, 0.15) is 21.7 Å². The summed E-state index contributed by atoms with van der Waals surface area (Å²) in [4.78, 5) is 18.3. The molecule has 0 aromatic carbocycles. The van der Waals surface area contributed by atoms with Gasteiger partial charge in [-0.1, -0.05) is 11.6 Å². The van der Waals surface area contributed by atoms with E-state index in [9.17, 15) is 4.79 Å². The number of rotatable bonds is 1. The monoisotopic (exact) mass is 290 g/mol. The van der Waals surface area contributed by atoms with Gasteiger partial charge in [0.1, 0.15) is 17.3 Å². The van der Waals surface area contributed by atoms with Gasteiger partial charge in [-0.15, -0.1) is 10.2 Å². The molecule has 2 aliphatic rings. The number of hydrogen-bond acceptors (Lipinski definition) is 5. The highest BCUT2D eigenvalue weighted by Gasteiger charge is 2.28. The molecule has 0 saturated heterocycles. The predicted octanol–water partition coefficient (Wildman–Crippen LogP) is 0.590. The number of carbonyl (C=O) groups is 1. The summed E-state index contributed by atoms with van der Waals surface area (Å²) in [6.45, 7) is 2.70. The fourth-order valence-corrected chi connectivity index (χ4v) is 2.87. The highest BCUT2D eigenvalue weighted by Crippen LogP contribution is 2.30. The SMILES string of the molecule is O=C1NCc2c1cc(Cl)nc2N1CCn2cnnc2C1. The Labute approximate surface area is 119 Å². The van der Waals surface area contributed by atoms with Crippen LogP contribution in [0.15, 0.2) is 12.4 Å². The lowest BCUT2D eigenvalue weighted by Crippen LogP contribution is -2.35. The van der Waals surface area contributed by atoms with E-state index in [2.05, 4.69) is 25.4 Å². The molecule has 1 N–H and O–H groups in total. The van der Waals surface area contributed by atoms with E-state index in [-0.39, 0.29) is 5.91 Å². The van der Waals surface area contributed by atoms with Gasteiger partial charge in [-0.3, -0.25) is 4.79 Å². The van der Waals surface area contributed by atoms with Crippen molar-refractivity contribution in [2.24, 2.45) is 0 Å². The molecule has 1 amide bonds. The summed E-state index contributed by atoms with van der Waals surface area (Å²) in [6.07, 6.45) is 1.73. The Hall–Kier alpha value is -2.15. The minimum Gasteiger partial charge on any atom is -0.348 e. The number of aromatic nitrogens is 4. The largest absolute Gasteiger partial charge is 0.348 e. The van der Waals surface area contributed by atoms with Crippen LogP contribution in [0.5, 0.6) is 0 Å². The summed E-state index contributed by atoms with van der Waals surface area (Å²) >= 11 is 6.04. The normalized spacial score (nSPS) is 16.9. The zero-order chi connectivity index (χ0) is 13.7. The van der Waals surface area contributed by atoms with Crippen LogP contribution in [0.3, 0.4) is 0 Å². The number of carbonyl (C=O) groups excluding carboxylic acids is 1. The summed E-state index contributed by atoms with van der Waals surface area (Å²) in [5, 5.41) is 11.1. The van der Waals surface area contributed by atoms with E-state index in [1.807, 2.05) is 4.57 Å². The second-order valence-electron chi connectivity index (χ2n) is 4.84. The lowest BCUT2D eigenvalue weighted by molar-refractivity contribution is 0.0965. The first-order valence-corrected chi connectivity index (χ1v) is 6.69. The molecular weight excluding hydrogens is 280 g/mol. The maximum Gasteiger partial charge on any atom is 0.252 e. The van der Waals surface area contributed by atoms with E-state index in [0.717, 1.165) is 30.3 Å². The van der Waals surface area contributed by atoms with Crippen LogP contribution in [-0.4, -0.2) is 32.2 Å². The van der Waals surface area contributed by atoms with Gasteiger partial charge in [0.25, 0.3) is 5.91 Å². The number of hydrogen-bond donors (Lipinski definition) is 1. The Balaban J connectivity index is 1.77. The minimum atomic E-state index is -0.0919. The first kappa shape index (κ1) is 11.7. The fraction of sp³-hybridized carbons (Fsp3) is 0.333. The Kier molecular flexibility index (Phi) is 2.43. The summed E-state index contributed by atoms with van der Waals surface area (Å²) in [5.74, 6) is 1.56. The molecule has 4 heterocycles. The average Bonchev–Trinajstić information content (AvgIpc) is 3.04. The smallest absolute Gasteiger partial charge is 0.252 e. The number of nitrogens with one attached hydrogen (secondary N) is 1. The molecule has 0 unspecified atom stereocenters. The molecule has 2 aromatic heterocycles. The van der Waals surface area contributed by atoms with Crippen molar-refractivity contribution in [3.63, 3.8) is 0 Å². The van der Waals surface area contributed by atoms with Crippen LogP contribution in [0.4, 0.5) is 5.82 Å². The van der Waals surface area contributed by atoms with E-state index in [1.165, 1.54) is 0 Å². The van der Waals surface area contributed by atoms with E-state index < -0.39 is 0 Å². The molecule has 0 aliphatic carbocycles. The molecule has 4 rings (SSSR count). The lowest BCUT2D eigenvalue weighted by atomic mass is 10.1. The molecule has 8 heteroatoms. The van der Waals surface area contributed by atoms with Gasteiger partial charge in [-0.25, -0.2) is 4.98 Å². The van der Waals surface area contributed by atoms with Crippen LogP contribution < -0.4 is 10.2 Å². The fourth-order valence-electron chi connectivity index (χ4n) is 2.68. The quantitative estimate of drug-likeness (QED) is 0.778. The molecular formula is C12H11ClN6O. The standard InChI is InChI=1S/C12H11ClN6O/c13-9-3-7-8(4-14-12(7)20)11(16-9)18-1-2-19-6-15-17-10(19)5-18/h3,6H,1-2,4-5H2,(H,14,20). The molecule has 0 spiro atoms. The molecule has 0 atom stereocenters. The van der Waals surface area contributed by atoms with Crippen molar-refractivity contribution in [1.82, 2.24) is 25.1 Å². The summed E-state index contributed by atoms with van der Waals surface area (Å²) < 4.78 is 2.02. The Bertz CT molecular complexity index is 712. The molecule has 0 fully saturated rings. The number of amides is 1. The van der Waals surface area contributed by atoms with Crippen molar-refractivity contribution in [3.8, 4) is 0 Å². The van der Waals surface area contributed by atoms with Crippen LogP contribution in [0.25, 0.3) is 0 Å². The van der Waals surface area contributed by atoms with Crippen molar-refractivity contribution >= 4 is 23.3 Å². The number of pyridine rings is 1. The van der Waals surface area contributed by atoms with E-state index >= 15 is 0 Å². The molecule has 2 aromatic rings. The lowest BCUT2D eigenvalue weighted by Gasteiger charge is -2.29. The third kappa shape index (κ3) is 1.66. The van der Waals surface area contributed by atoms with Crippen molar-refractivity contribution < 1.29 is 4.79 Å².